The third kappa shape index (κ3) is 4.16. The second-order valence-corrected chi connectivity index (χ2v) is 4.74. The van der Waals surface area contributed by atoms with Crippen molar-refractivity contribution in [1.82, 2.24) is 0 Å². The Kier molecular flexibility index (Phi) is 5.10. The maximum atomic E-state index is 11.8. The van der Waals surface area contributed by atoms with Crippen molar-refractivity contribution in [2.24, 2.45) is 0 Å². The number of benzene rings is 1. The Morgan fingerprint density at radius 1 is 1.52 bits per heavy atom. The van der Waals surface area contributed by atoms with Crippen LogP contribution in [0.3, 0.4) is 0 Å². The molecule has 0 bridgehead atoms. The third-order valence-electron chi connectivity index (χ3n) is 3.28. The molecule has 1 saturated heterocycles. The molecule has 0 aromatic heterocycles. The maximum Gasteiger partial charge on any atom is 0.315 e. The summed E-state index contributed by atoms with van der Waals surface area (Å²) in [6.45, 7) is 0.726. The van der Waals surface area contributed by atoms with Gasteiger partial charge in [0, 0.05) is 13.0 Å². The molecule has 1 atom stereocenters. The van der Waals surface area contributed by atoms with E-state index in [4.69, 9.17) is 14.2 Å². The Labute approximate surface area is 122 Å². The summed E-state index contributed by atoms with van der Waals surface area (Å²) in [6.07, 6.45) is 2.78. The van der Waals surface area contributed by atoms with Gasteiger partial charge in [0.05, 0.1) is 24.2 Å². The standard InChI is InChI=1S/C14H17NO6/c1-19-11-4-6-13(12(9-11)15(17)18)21-14(16)7-5-10-3-2-8-20-10/h4,6,9-10H,2-3,5,7-8H2,1H3. The number of hydrogen-bond donors (Lipinski definition) is 0. The molecular weight excluding hydrogens is 278 g/mol. The van der Waals surface area contributed by atoms with Crippen LogP contribution in [-0.2, 0) is 9.53 Å². The van der Waals surface area contributed by atoms with Crippen molar-refractivity contribution in [1.29, 1.82) is 0 Å². The van der Waals surface area contributed by atoms with E-state index >= 15 is 0 Å². The molecule has 1 heterocycles. The van der Waals surface area contributed by atoms with E-state index in [9.17, 15) is 14.9 Å². The van der Waals surface area contributed by atoms with Crippen LogP contribution < -0.4 is 9.47 Å². The second-order valence-electron chi connectivity index (χ2n) is 4.74. The monoisotopic (exact) mass is 295 g/mol. The molecule has 1 fully saturated rings. The molecule has 0 saturated carbocycles. The first-order valence-corrected chi connectivity index (χ1v) is 6.75. The van der Waals surface area contributed by atoms with Crippen LogP contribution in [0.1, 0.15) is 25.7 Å². The molecule has 7 heteroatoms. The fraction of sp³-hybridized carbons (Fsp3) is 0.500. The van der Waals surface area contributed by atoms with Crippen LogP contribution in [0.15, 0.2) is 18.2 Å². The number of nitro groups is 1. The highest BCUT2D eigenvalue weighted by Gasteiger charge is 2.21. The van der Waals surface area contributed by atoms with Gasteiger partial charge in [0.25, 0.3) is 0 Å². The van der Waals surface area contributed by atoms with Crippen molar-refractivity contribution in [3.8, 4) is 11.5 Å². The molecule has 0 radical (unpaired) electrons. The number of methoxy groups -OCH3 is 1. The molecular formula is C14H17NO6. The van der Waals surface area contributed by atoms with E-state index in [1.807, 2.05) is 0 Å². The zero-order chi connectivity index (χ0) is 15.2. The third-order valence-corrected chi connectivity index (χ3v) is 3.28. The summed E-state index contributed by atoms with van der Waals surface area (Å²) in [5, 5.41) is 11.0. The van der Waals surface area contributed by atoms with Crippen LogP contribution in [0.25, 0.3) is 0 Å². The lowest BCUT2D eigenvalue weighted by Gasteiger charge is -2.09. The Morgan fingerprint density at radius 2 is 2.33 bits per heavy atom. The molecule has 0 aliphatic carbocycles. The van der Waals surface area contributed by atoms with Crippen LogP contribution in [0.4, 0.5) is 5.69 Å². The van der Waals surface area contributed by atoms with Crippen LogP contribution >= 0.6 is 0 Å². The average Bonchev–Trinajstić information content (AvgIpc) is 2.98. The minimum Gasteiger partial charge on any atom is -0.496 e. The minimum atomic E-state index is -0.606. The van der Waals surface area contributed by atoms with Crippen molar-refractivity contribution in [3.63, 3.8) is 0 Å². The van der Waals surface area contributed by atoms with Gasteiger partial charge in [0.2, 0.25) is 5.75 Å². The summed E-state index contributed by atoms with van der Waals surface area (Å²) in [6, 6.07) is 4.10. The molecule has 21 heavy (non-hydrogen) atoms. The van der Waals surface area contributed by atoms with Gasteiger partial charge in [-0.15, -0.1) is 0 Å². The summed E-state index contributed by atoms with van der Waals surface area (Å²) < 4.78 is 15.4. The maximum absolute atomic E-state index is 11.8. The van der Waals surface area contributed by atoms with Crippen molar-refractivity contribution in [2.75, 3.05) is 13.7 Å². The van der Waals surface area contributed by atoms with E-state index in [-0.39, 0.29) is 24.0 Å². The summed E-state index contributed by atoms with van der Waals surface area (Å²) in [5.41, 5.74) is -0.292. The summed E-state index contributed by atoms with van der Waals surface area (Å²) in [5.74, 6) is -0.238. The van der Waals surface area contributed by atoms with Gasteiger partial charge in [0.15, 0.2) is 0 Å². The lowest BCUT2D eigenvalue weighted by molar-refractivity contribution is -0.385. The van der Waals surface area contributed by atoms with Gasteiger partial charge in [-0.05, 0) is 31.4 Å². The SMILES string of the molecule is COc1ccc(OC(=O)CCC2CCCO2)c([N+](=O)[O-])c1. The lowest BCUT2D eigenvalue weighted by Crippen LogP contribution is -2.13. The van der Waals surface area contributed by atoms with Crippen molar-refractivity contribution in [2.45, 2.75) is 31.8 Å². The van der Waals surface area contributed by atoms with E-state index in [2.05, 4.69) is 0 Å². The van der Waals surface area contributed by atoms with Crippen molar-refractivity contribution in [3.05, 3.63) is 28.3 Å². The number of nitro benzene ring substituents is 1. The lowest BCUT2D eigenvalue weighted by atomic mass is 10.1. The van der Waals surface area contributed by atoms with Crippen molar-refractivity contribution < 1.29 is 23.9 Å². The van der Waals surface area contributed by atoms with E-state index in [1.165, 1.54) is 25.3 Å². The minimum absolute atomic E-state index is 0.0712. The fourth-order valence-corrected chi connectivity index (χ4v) is 2.18. The number of esters is 1. The molecule has 2 rings (SSSR count). The average molecular weight is 295 g/mol. The highest BCUT2D eigenvalue weighted by atomic mass is 16.6. The number of carbonyl (C=O) groups excluding carboxylic acids is 1. The quantitative estimate of drug-likeness (QED) is 0.347. The summed E-state index contributed by atoms with van der Waals surface area (Å²) in [7, 11) is 1.41. The number of ether oxygens (including phenoxy) is 3. The van der Waals surface area contributed by atoms with Crippen LogP contribution in [0.5, 0.6) is 11.5 Å². The summed E-state index contributed by atoms with van der Waals surface area (Å²) >= 11 is 0. The van der Waals surface area contributed by atoms with Crippen molar-refractivity contribution >= 4 is 11.7 Å². The number of nitrogens with zero attached hydrogens (tertiary/aromatic N) is 1. The smallest absolute Gasteiger partial charge is 0.315 e. The van der Waals surface area contributed by atoms with E-state index in [0.717, 1.165) is 19.4 Å². The summed E-state index contributed by atoms with van der Waals surface area (Å²) in [4.78, 5) is 22.1. The van der Waals surface area contributed by atoms with Gasteiger partial charge in [-0.2, -0.15) is 0 Å². The van der Waals surface area contributed by atoms with E-state index in [1.54, 1.807) is 0 Å². The van der Waals surface area contributed by atoms with Crippen LogP contribution in [0, 0.1) is 10.1 Å². The first kappa shape index (κ1) is 15.2. The van der Waals surface area contributed by atoms with Gasteiger partial charge in [-0.1, -0.05) is 0 Å². The number of carbonyl (C=O) groups is 1. The van der Waals surface area contributed by atoms with Gasteiger partial charge < -0.3 is 14.2 Å². The molecule has 0 spiro atoms. The first-order valence-electron chi connectivity index (χ1n) is 6.75. The van der Waals surface area contributed by atoms with Gasteiger partial charge in [0.1, 0.15) is 5.75 Å². The Hall–Kier alpha value is -2.15. The molecule has 1 aliphatic heterocycles. The molecule has 1 aromatic carbocycles. The van der Waals surface area contributed by atoms with Crippen LogP contribution in [-0.4, -0.2) is 30.7 Å². The van der Waals surface area contributed by atoms with Gasteiger partial charge in [-0.3, -0.25) is 14.9 Å². The Morgan fingerprint density at radius 3 is 2.95 bits per heavy atom. The Balaban J connectivity index is 1.97. The predicted octanol–water partition coefficient (Wildman–Crippen LogP) is 2.47. The highest BCUT2D eigenvalue weighted by molar-refractivity contribution is 5.74. The molecule has 0 N–H and O–H groups in total. The number of hydrogen-bond acceptors (Lipinski definition) is 6. The topological polar surface area (TPSA) is 87.9 Å². The zero-order valence-electron chi connectivity index (χ0n) is 11.7. The van der Waals surface area contributed by atoms with E-state index in [0.29, 0.717) is 12.2 Å². The fourth-order valence-electron chi connectivity index (χ4n) is 2.18. The normalized spacial score (nSPS) is 17.5. The zero-order valence-corrected chi connectivity index (χ0v) is 11.7. The second kappa shape index (κ2) is 7.03. The highest BCUT2D eigenvalue weighted by Crippen LogP contribution is 2.31. The van der Waals surface area contributed by atoms with E-state index < -0.39 is 10.9 Å². The molecule has 1 aliphatic rings. The Bertz CT molecular complexity index is 524. The molecule has 1 unspecified atom stereocenters. The first-order chi connectivity index (χ1) is 10.1. The van der Waals surface area contributed by atoms with Gasteiger partial charge in [-0.25, -0.2) is 0 Å². The molecule has 7 nitrogen and oxygen atoms in total. The predicted molar refractivity (Wildman–Crippen MR) is 73.5 cm³/mol. The van der Waals surface area contributed by atoms with Crippen LogP contribution in [0.2, 0.25) is 0 Å². The molecule has 0 amide bonds. The largest absolute Gasteiger partial charge is 0.496 e. The molecule has 114 valence electrons. The van der Waals surface area contributed by atoms with Gasteiger partial charge >= 0.3 is 11.7 Å². The number of rotatable bonds is 6. The molecule has 1 aromatic rings.